The van der Waals surface area contributed by atoms with Gasteiger partial charge in [-0.2, -0.15) is 5.10 Å². The van der Waals surface area contributed by atoms with Gasteiger partial charge in [-0.15, -0.1) is 0 Å². The van der Waals surface area contributed by atoms with Gasteiger partial charge >= 0.3 is 0 Å². The number of aromatic nitrogens is 2. The zero-order chi connectivity index (χ0) is 15.2. The Balaban J connectivity index is 1.48. The highest BCUT2D eigenvalue weighted by Gasteiger charge is 2.12. The third kappa shape index (κ3) is 3.73. The third-order valence-electron chi connectivity index (χ3n) is 2.67. The molecule has 1 aromatic heterocycles. The quantitative estimate of drug-likeness (QED) is 0.389. The van der Waals surface area contributed by atoms with E-state index in [-0.39, 0.29) is 18.5 Å². The molecule has 3 rings (SSSR count). The van der Waals surface area contributed by atoms with Gasteiger partial charge in [0, 0.05) is 12.4 Å². The van der Waals surface area contributed by atoms with Crippen molar-refractivity contribution >= 4 is 23.9 Å². The summed E-state index contributed by atoms with van der Waals surface area (Å²) in [6.45, 7) is 0.228. The van der Waals surface area contributed by atoms with Crippen LogP contribution in [0.25, 0.3) is 0 Å². The van der Waals surface area contributed by atoms with E-state index in [2.05, 4.69) is 20.5 Å². The molecule has 1 aliphatic rings. The lowest BCUT2D eigenvalue weighted by Gasteiger charge is -1.99. The SMILES string of the molecule is O=C(CSc1ncccn1)N/N=C\c1ccc2c(c1)OCO2. The highest BCUT2D eigenvalue weighted by atomic mass is 32.2. The molecule has 0 saturated heterocycles. The standard InChI is InChI=1S/C14H12N4O3S/c19-13(8-22-14-15-4-1-5-16-14)18-17-7-10-2-3-11-12(6-10)21-9-20-11/h1-7H,8-9H2,(H,18,19)/b17-7-. The first-order chi connectivity index (χ1) is 10.8. The van der Waals surface area contributed by atoms with Crippen molar-refractivity contribution in [3.8, 4) is 11.5 Å². The zero-order valence-corrected chi connectivity index (χ0v) is 12.2. The van der Waals surface area contributed by atoms with Crippen molar-refractivity contribution in [2.75, 3.05) is 12.5 Å². The fraction of sp³-hybridized carbons (Fsp3) is 0.143. The molecule has 0 saturated carbocycles. The molecule has 0 fully saturated rings. The molecule has 1 N–H and O–H groups in total. The minimum atomic E-state index is -0.227. The van der Waals surface area contributed by atoms with Crippen molar-refractivity contribution in [3.05, 3.63) is 42.2 Å². The molecular formula is C14H12N4O3S. The lowest BCUT2D eigenvalue weighted by atomic mass is 10.2. The number of benzene rings is 1. The van der Waals surface area contributed by atoms with Gasteiger partial charge < -0.3 is 9.47 Å². The number of hydrazone groups is 1. The summed E-state index contributed by atoms with van der Waals surface area (Å²) < 4.78 is 10.5. The third-order valence-corrected chi connectivity index (χ3v) is 3.55. The van der Waals surface area contributed by atoms with Crippen LogP contribution in [0.2, 0.25) is 0 Å². The molecule has 1 amide bonds. The molecular weight excluding hydrogens is 304 g/mol. The molecule has 2 heterocycles. The summed E-state index contributed by atoms with van der Waals surface area (Å²) in [5.74, 6) is 1.35. The predicted molar refractivity (Wildman–Crippen MR) is 81.1 cm³/mol. The van der Waals surface area contributed by atoms with Crippen molar-refractivity contribution in [1.82, 2.24) is 15.4 Å². The van der Waals surface area contributed by atoms with Crippen LogP contribution in [0, 0.1) is 0 Å². The number of nitrogens with one attached hydrogen (secondary N) is 1. The molecule has 0 bridgehead atoms. The number of fused-ring (bicyclic) bond motifs is 1. The van der Waals surface area contributed by atoms with E-state index in [0.29, 0.717) is 16.7 Å². The van der Waals surface area contributed by atoms with Crippen molar-refractivity contribution in [2.45, 2.75) is 5.16 Å². The smallest absolute Gasteiger partial charge is 0.250 e. The van der Waals surface area contributed by atoms with Crippen molar-refractivity contribution < 1.29 is 14.3 Å². The summed E-state index contributed by atoms with van der Waals surface area (Å²) in [4.78, 5) is 19.7. The summed E-state index contributed by atoms with van der Waals surface area (Å²) in [7, 11) is 0. The van der Waals surface area contributed by atoms with Crippen LogP contribution in [0.1, 0.15) is 5.56 Å². The molecule has 0 atom stereocenters. The van der Waals surface area contributed by atoms with Crippen LogP contribution in [0.5, 0.6) is 11.5 Å². The van der Waals surface area contributed by atoms with Crippen LogP contribution in [0.3, 0.4) is 0 Å². The van der Waals surface area contributed by atoms with Crippen LogP contribution in [0.15, 0.2) is 46.9 Å². The molecule has 0 spiro atoms. The highest BCUT2D eigenvalue weighted by Crippen LogP contribution is 2.31. The maximum atomic E-state index is 11.6. The Kier molecular flexibility index (Phi) is 4.50. The Labute approximate surface area is 130 Å². The Bertz CT molecular complexity index is 694. The highest BCUT2D eigenvalue weighted by molar-refractivity contribution is 7.99. The average molecular weight is 316 g/mol. The van der Waals surface area contributed by atoms with E-state index in [1.807, 2.05) is 6.07 Å². The molecule has 1 aliphatic heterocycles. The lowest BCUT2D eigenvalue weighted by molar-refractivity contribution is -0.118. The average Bonchev–Trinajstić information content (AvgIpc) is 3.02. The van der Waals surface area contributed by atoms with E-state index in [9.17, 15) is 4.79 Å². The molecule has 0 radical (unpaired) electrons. The lowest BCUT2D eigenvalue weighted by Crippen LogP contribution is -2.19. The van der Waals surface area contributed by atoms with E-state index in [0.717, 1.165) is 5.56 Å². The number of rotatable bonds is 5. The second-order valence-corrected chi connectivity index (χ2v) is 5.17. The number of carbonyl (C=O) groups is 1. The molecule has 2 aromatic rings. The van der Waals surface area contributed by atoms with Crippen molar-refractivity contribution in [2.24, 2.45) is 5.10 Å². The molecule has 0 unspecified atom stereocenters. The largest absolute Gasteiger partial charge is 0.454 e. The van der Waals surface area contributed by atoms with E-state index < -0.39 is 0 Å². The number of nitrogens with zero attached hydrogens (tertiary/aromatic N) is 3. The van der Waals surface area contributed by atoms with Gasteiger partial charge in [0.05, 0.1) is 12.0 Å². The van der Waals surface area contributed by atoms with E-state index >= 15 is 0 Å². The number of carbonyl (C=O) groups excluding carboxylic acids is 1. The number of thioether (sulfide) groups is 1. The predicted octanol–water partition coefficient (Wildman–Crippen LogP) is 1.45. The van der Waals surface area contributed by atoms with E-state index in [1.165, 1.54) is 11.8 Å². The van der Waals surface area contributed by atoms with Crippen LogP contribution < -0.4 is 14.9 Å². The van der Waals surface area contributed by atoms with E-state index in [4.69, 9.17) is 9.47 Å². The van der Waals surface area contributed by atoms with Crippen LogP contribution in [0.4, 0.5) is 0 Å². The number of hydrogen-bond acceptors (Lipinski definition) is 7. The van der Waals surface area contributed by atoms with E-state index in [1.54, 1.807) is 36.8 Å². The van der Waals surface area contributed by atoms with Crippen molar-refractivity contribution in [1.29, 1.82) is 0 Å². The Morgan fingerprint density at radius 3 is 3.00 bits per heavy atom. The summed E-state index contributed by atoms with van der Waals surface area (Å²) in [5, 5.41) is 4.46. The summed E-state index contributed by atoms with van der Waals surface area (Å²) in [6, 6.07) is 7.15. The first-order valence-electron chi connectivity index (χ1n) is 6.42. The van der Waals surface area contributed by atoms with Gasteiger partial charge in [0.15, 0.2) is 16.7 Å². The number of ether oxygens (including phenoxy) is 2. The minimum Gasteiger partial charge on any atom is -0.454 e. The Hall–Kier alpha value is -2.61. The van der Waals surface area contributed by atoms with Crippen molar-refractivity contribution in [3.63, 3.8) is 0 Å². The van der Waals surface area contributed by atoms with Gasteiger partial charge in [0.25, 0.3) is 5.91 Å². The molecule has 0 aliphatic carbocycles. The normalized spacial score (nSPS) is 12.5. The van der Waals surface area contributed by atoms with Gasteiger partial charge in [-0.25, -0.2) is 15.4 Å². The minimum absolute atomic E-state index is 0.197. The fourth-order valence-electron chi connectivity index (χ4n) is 1.69. The first-order valence-corrected chi connectivity index (χ1v) is 7.41. The Morgan fingerprint density at radius 1 is 1.32 bits per heavy atom. The number of hydrogen-bond donors (Lipinski definition) is 1. The fourth-order valence-corrected chi connectivity index (χ4v) is 2.29. The van der Waals surface area contributed by atoms with Gasteiger partial charge in [0.1, 0.15) is 0 Å². The first kappa shape index (κ1) is 14.3. The molecule has 22 heavy (non-hydrogen) atoms. The van der Waals surface area contributed by atoms with Crippen LogP contribution >= 0.6 is 11.8 Å². The van der Waals surface area contributed by atoms with Gasteiger partial charge in [-0.3, -0.25) is 4.79 Å². The maximum absolute atomic E-state index is 11.6. The number of amides is 1. The molecule has 7 nitrogen and oxygen atoms in total. The molecule has 112 valence electrons. The second-order valence-electron chi connectivity index (χ2n) is 4.23. The topological polar surface area (TPSA) is 85.7 Å². The van der Waals surface area contributed by atoms with Crippen LogP contribution in [-0.2, 0) is 4.79 Å². The van der Waals surface area contributed by atoms with Gasteiger partial charge in [0.2, 0.25) is 6.79 Å². The summed E-state index contributed by atoms with van der Waals surface area (Å²) in [6.07, 6.45) is 4.81. The second kappa shape index (κ2) is 6.90. The van der Waals surface area contributed by atoms with Crippen LogP contribution in [-0.4, -0.2) is 34.6 Å². The zero-order valence-electron chi connectivity index (χ0n) is 11.4. The molecule has 1 aromatic carbocycles. The Morgan fingerprint density at radius 2 is 2.14 bits per heavy atom. The van der Waals surface area contributed by atoms with Gasteiger partial charge in [-0.1, -0.05) is 11.8 Å². The van der Waals surface area contributed by atoms with Gasteiger partial charge in [-0.05, 0) is 29.8 Å². The summed E-state index contributed by atoms with van der Waals surface area (Å²) in [5.41, 5.74) is 3.26. The molecule has 8 heteroatoms. The monoisotopic (exact) mass is 316 g/mol. The summed E-state index contributed by atoms with van der Waals surface area (Å²) >= 11 is 1.25. The maximum Gasteiger partial charge on any atom is 0.250 e.